The Morgan fingerprint density at radius 2 is 1.94 bits per heavy atom. The van der Waals surface area contributed by atoms with Crippen LogP contribution in [0.2, 0.25) is 0 Å². The van der Waals surface area contributed by atoms with Crippen LogP contribution < -0.4 is 0 Å². The summed E-state index contributed by atoms with van der Waals surface area (Å²) < 4.78 is 0. The lowest BCUT2D eigenvalue weighted by molar-refractivity contribution is 0.319. The standard InChI is InChI=1S/C15H12N2O/c1-11-9-13(7-8-15(11)17-18)14(10-16)12-5-3-2-4-6-12/h2-9,18H,1H3. The van der Waals surface area contributed by atoms with Crippen molar-refractivity contribution in [2.45, 2.75) is 6.92 Å². The highest BCUT2D eigenvalue weighted by atomic mass is 16.4. The molecule has 0 radical (unpaired) electrons. The van der Waals surface area contributed by atoms with Crippen LogP contribution in [0.1, 0.15) is 12.5 Å². The fourth-order valence-electron chi connectivity index (χ4n) is 1.82. The normalized spacial score (nSPS) is 19.3. The average molecular weight is 236 g/mol. The minimum atomic E-state index is 0.518. The van der Waals surface area contributed by atoms with E-state index >= 15 is 0 Å². The molecule has 3 heteroatoms. The second-order valence-electron chi connectivity index (χ2n) is 3.95. The minimum Gasteiger partial charge on any atom is -0.410 e. The van der Waals surface area contributed by atoms with E-state index in [9.17, 15) is 5.26 Å². The largest absolute Gasteiger partial charge is 0.410 e. The summed E-state index contributed by atoms with van der Waals surface area (Å²) >= 11 is 0. The van der Waals surface area contributed by atoms with Crippen molar-refractivity contribution in [2.75, 3.05) is 0 Å². The van der Waals surface area contributed by atoms with Crippen LogP contribution >= 0.6 is 0 Å². The summed E-state index contributed by atoms with van der Waals surface area (Å²) in [7, 11) is 0. The molecular formula is C15H12N2O. The molecule has 1 N–H and O–H groups in total. The zero-order chi connectivity index (χ0) is 13.0. The van der Waals surface area contributed by atoms with Gasteiger partial charge in [0.2, 0.25) is 0 Å². The molecule has 3 nitrogen and oxygen atoms in total. The molecule has 1 aromatic carbocycles. The Morgan fingerprint density at radius 3 is 2.50 bits per heavy atom. The number of hydrogen-bond acceptors (Lipinski definition) is 3. The summed E-state index contributed by atoms with van der Waals surface area (Å²) in [6.07, 6.45) is 5.33. The van der Waals surface area contributed by atoms with Gasteiger partial charge in [0.15, 0.2) is 0 Å². The zero-order valence-electron chi connectivity index (χ0n) is 9.96. The molecule has 1 aliphatic carbocycles. The van der Waals surface area contributed by atoms with E-state index in [2.05, 4.69) is 11.2 Å². The molecule has 0 spiro atoms. The molecule has 0 saturated carbocycles. The van der Waals surface area contributed by atoms with E-state index in [1.54, 1.807) is 12.2 Å². The van der Waals surface area contributed by atoms with Gasteiger partial charge in [-0.15, -0.1) is 0 Å². The van der Waals surface area contributed by atoms with Crippen LogP contribution in [0.15, 0.2) is 64.9 Å². The second kappa shape index (κ2) is 5.15. The number of benzene rings is 1. The van der Waals surface area contributed by atoms with E-state index in [0.29, 0.717) is 11.3 Å². The van der Waals surface area contributed by atoms with Gasteiger partial charge < -0.3 is 5.21 Å². The van der Waals surface area contributed by atoms with Crippen molar-refractivity contribution in [3.05, 3.63) is 65.3 Å². The van der Waals surface area contributed by atoms with Crippen LogP contribution in [0, 0.1) is 11.3 Å². The fourth-order valence-corrected chi connectivity index (χ4v) is 1.82. The molecule has 2 rings (SSSR count). The first kappa shape index (κ1) is 11.9. The van der Waals surface area contributed by atoms with Crippen LogP contribution in [0.3, 0.4) is 0 Å². The van der Waals surface area contributed by atoms with Crippen LogP contribution in [0.25, 0.3) is 5.57 Å². The Bertz CT molecular complexity index is 614. The van der Waals surface area contributed by atoms with Gasteiger partial charge in [-0.1, -0.05) is 41.6 Å². The van der Waals surface area contributed by atoms with Crippen LogP contribution in [0.4, 0.5) is 0 Å². The summed E-state index contributed by atoms with van der Waals surface area (Å²) in [6, 6.07) is 11.7. The summed E-state index contributed by atoms with van der Waals surface area (Å²) in [5.74, 6) is 0. The third kappa shape index (κ3) is 2.23. The number of nitriles is 1. The first-order valence-electron chi connectivity index (χ1n) is 5.55. The first-order chi connectivity index (χ1) is 8.76. The molecule has 0 unspecified atom stereocenters. The maximum Gasteiger partial charge on any atom is 0.105 e. The lowest BCUT2D eigenvalue weighted by Crippen LogP contribution is -2.01. The molecule has 0 heterocycles. The predicted molar refractivity (Wildman–Crippen MR) is 71.1 cm³/mol. The molecule has 0 saturated heterocycles. The van der Waals surface area contributed by atoms with E-state index in [-0.39, 0.29) is 0 Å². The Hall–Kier alpha value is -2.60. The summed E-state index contributed by atoms with van der Waals surface area (Å²) in [5.41, 5.74) is 3.67. The van der Waals surface area contributed by atoms with Crippen LogP contribution in [-0.2, 0) is 0 Å². The maximum atomic E-state index is 9.29. The Morgan fingerprint density at radius 1 is 1.22 bits per heavy atom. The Kier molecular flexibility index (Phi) is 3.40. The molecule has 0 atom stereocenters. The lowest BCUT2D eigenvalue weighted by Gasteiger charge is -2.09. The molecule has 18 heavy (non-hydrogen) atoms. The number of hydrogen-bond donors (Lipinski definition) is 1. The van der Waals surface area contributed by atoms with Gasteiger partial charge in [0.1, 0.15) is 11.8 Å². The van der Waals surface area contributed by atoms with E-state index in [1.807, 2.05) is 43.3 Å². The van der Waals surface area contributed by atoms with Gasteiger partial charge in [0.25, 0.3) is 0 Å². The second-order valence-corrected chi connectivity index (χ2v) is 3.95. The van der Waals surface area contributed by atoms with Gasteiger partial charge in [-0.3, -0.25) is 0 Å². The maximum absolute atomic E-state index is 9.29. The van der Waals surface area contributed by atoms with Crippen molar-refractivity contribution < 1.29 is 5.21 Å². The summed E-state index contributed by atoms with van der Waals surface area (Å²) in [5, 5.41) is 21.2. The molecular weight excluding hydrogens is 224 g/mol. The molecule has 0 amide bonds. The highest BCUT2D eigenvalue weighted by Gasteiger charge is 2.10. The fraction of sp³-hybridized carbons (Fsp3) is 0.0667. The molecule has 0 aromatic heterocycles. The van der Waals surface area contributed by atoms with Gasteiger partial charge in [-0.05, 0) is 35.8 Å². The average Bonchev–Trinajstić information content (AvgIpc) is 2.41. The zero-order valence-corrected chi connectivity index (χ0v) is 9.96. The van der Waals surface area contributed by atoms with Crippen molar-refractivity contribution in [3.8, 4) is 6.07 Å². The minimum absolute atomic E-state index is 0.518. The predicted octanol–water partition coefficient (Wildman–Crippen LogP) is 3.31. The highest BCUT2D eigenvalue weighted by Crippen LogP contribution is 2.23. The molecule has 0 fully saturated rings. The number of allylic oxidation sites excluding steroid dienone is 6. The molecule has 0 aliphatic heterocycles. The smallest absolute Gasteiger partial charge is 0.105 e. The Balaban J connectivity index is 2.52. The quantitative estimate of drug-likeness (QED) is 0.462. The third-order valence-corrected chi connectivity index (χ3v) is 2.77. The number of oxime groups is 1. The molecule has 88 valence electrons. The van der Waals surface area contributed by atoms with Crippen molar-refractivity contribution in [3.63, 3.8) is 0 Å². The van der Waals surface area contributed by atoms with Gasteiger partial charge in [0, 0.05) is 0 Å². The van der Waals surface area contributed by atoms with E-state index in [1.165, 1.54) is 0 Å². The van der Waals surface area contributed by atoms with Crippen molar-refractivity contribution in [1.29, 1.82) is 5.26 Å². The highest BCUT2D eigenvalue weighted by molar-refractivity contribution is 6.10. The van der Waals surface area contributed by atoms with Crippen LogP contribution in [0.5, 0.6) is 0 Å². The summed E-state index contributed by atoms with van der Waals surface area (Å²) in [6.45, 7) is 1.85. The van der Waals surface area contributed by atoms with Crippen molar-refractivity contribution >= 4 is 11.3 Å². The topological polar surface area (TPSA) is 56.4 Å². The van der Waals surface area contributed by atoms with Gasteiger partial charge in [0.05, 0.1) is 5.57 Å². The number of nitrogens with zero attached hydrogens (tertiary/aromatic N) is 2. The first-order valence-corrected chi connectivity index (χ1v) is 5.55. The van der Waals surface area contributed by atoms with E-state index in [0.717, 1.165) is 16.7 Å². The van der Waals surface area contributed by atoms with Gasteiger partial charge in [-0.25, -0.2) is 0 Å². The van der Waals surface area contributed by atoms with E-state index < -0.39 is 0 Å². The Labute approximate surface area is 106 Å². The SMILES string of the molecule is CC1=CC(=C(C#N)c2ccccc2)C=CC1=NO. The van der Waals surface area contributed by atoms with Crippen LogP contribution in [-0.4, -0.2) is 10.9 Å². The van der Waals surface area contributed by atoms with E-state index in [4.69, 9.17) is 5.21 Å². The lowest BCUT2D eigenvalue weighted by atomic mass is 9.94. The third-order valence-electron chi connectivity index (χ3n) is 2.77. The van der Waals surface area contributed by atoms with Crippen molar-refractivity contribution in [2.24, 2.45) is 5.16 Å². The van der Waals surface area contributed by atoms with Crippen molar-refractivity contribution in [1.82, 2.24) is 0 Å². The molecule has 0 bridgehead atoms. The summed E-state index contributed by atoms with van der Waals surface area (Å²) in [4.78, 5) is 0. The van der Waals surface area contributed by atoms with Gasteiger partial charge >= 0.3 is 0 Å². The van der Waals surface area contributed by atoms with Gasteiger partial charge in [-0.2, -0.15) is 5.26 Å². The molecule has 1 aromatic rings. The number of rotatable bonds is 1. The molecule has 1 aliphatic rings. The monoisotopic (exact) mass is 236 g/mol.